The lowest BCUT2D eigenvalue weighted by atomic mass is 10.0. The first-order valence-corrected chi connectivity index (χ1v) is 13.0. The Morgan fingerprint density at radius 2 is 1.45 bits per heavy atom. The summed E-state index contributed by atoms with van der Waals surface area (Å²) < 4.78 is 0. The Bertz CT molecular complexity index is 1400. The van der Waals surface area contributed by atoms with Gasteiger partial charge in [-0.2, -0.15) is 0 Å². The highest BCUT2D eigenvalue weighted by Crippen LogP contribution is 2.23. The fourth-order valence-electron chi connectivity index (χ4n) is 5.06. The third-order valence-corrected chi connectivity index (χ3v) is 7.20. The van der Waals surface area contributed by atoms with Crippen molar-refractivity contribution in [3.05, 3.63) is 113 Å². The number of aryl methyl sites for hydroxylation is 2. The minimum atomic E-state index is -0.271. The van der Waals surface area contributed by atoms with Gasteiger partial charge < -0.3 is 20.3 Å². The van der Waals surface area contributed by atoms with Gasteiger partial charge in [0.1, 0.15) is 0 Å². The maximum atomic E-state index is 12.8. The SMILES string of the molecule is Cc1c[nH]c(C)c1C(=O)Cc1ccc(Nc2ccc(CC(=O)c3ccc(N4CC[C@@H](O)C4)cc3)cc2)cc1. The summed E-state index contributed by atoms with van der Waals surface area (Å²) >= 11 is 0. The third-order valence-electron chi connectivity index (χ3n) is 7.20. The number of anilines is 3. The van der Waals surface area contributed by atoms with E-state index < -0.39 is 0 Å². The molecule has 0 spiro atoms. The number of Topliss-reactive ketones (excluding diaryl/α,β-unsaturated/α-hetero) is 2. The molecule has 3 aromatic carbocycles. The van der Waals surface area contributed by atoms with Crippen molar-refractivity contribution in [2.75, 3.05) is 23.3 Å². The molecule has 0 aliphatic carbocycles. The number of hydrogen-bond acceptors (Lipinski definition) is 5. The lowest BCUT2D eigenvalue weighted by Gasteiger charge is -2.17. The quantitative estimate of drug-likeness (QED) is 0.250. The molecule has 5 rings (SSSR count). The van der Waals surface area contributed by atoms with Crippen molar-refractivity contribution in [1.82, 2.24) is 4.98 Å². The molecule has 38 heavy (non-hydrogen) atoms. The van der Waals surface area contributed by atoms with E-state index in [0.717, 1.165) is 58.0 Å². The standard InChI is InChI=1S/C32H33N3O3/c1-21-19-33-22(2)32(21)31(38)18-24-5-11-27(12-6-24)34-26-9-3-23(4-10-26)17-30(37)25-7-13-28(14-8-25)35-16-15-29(36)20-35/h3-14,19,29,33-34,36H,15-18,20H2,1-2H3/t29-/m1/s1. The second-order valence-corrected chi connectivity index (χ2v) is 10.1. The molecule has 1 fully saturated rings. The zero-order valence-corrected chi connectivity index (χ0v) is 21.8. The zero-order chi connectivity index (χ0) is 26.6. The van der Waals surface area contributed by atoms with Gasteiger partial charge in [0.2, 0.25) is 0 Å². The lowest BCUT2D eigenvalue weighted by Crippen LogP contribution is -2.21. The zero-order valence-electron chi connectivity index (χ0n) is 21.8. The summed E-state index contributed by atoms with van der Waals surface area (Å²) in [5.41, 5.74) is 8.20. The van der Waals surface area contributed by atoms with Crippen molar-refractivity contribution in [1.29, 1.82) is 0 Å². The molecule has 1 atom stereocenters. The van der Waals surface area contributed by atoms with Gasteiger partial charge >= 0.3 is 0 Å². The van der Waals surface area contributed by atoms with Crippen LogP contribution in [0.15, 0.2) is 79.0 Å². The van der Waals surface area contributed by atoms with E-state index in [1.54, 1.807) is 0 Å². The summed E-state index contributed by atoms with van der Waals surface area (Å²) in [5.74, 6) is 0.198. The molecule has 0 radical (unpaired) electrons. The topological polar surface area (TPSA) is 85.4 Å². The average molecular weight is 508 g/mol. The maximum absolute atomic E-state index is 12.8. The molecule has 3 N–H and O–H groups in total. The van der Waals surface area contributed by atoms with E-state index in [-0.39, 0.29) is 17.7 Å². The Labute approximate surface area is 223 Å². The van der Waals surface area contributed by atoms with Gasteiger partial charge in [-0.15, -0.1) is 0 Å². The van der Waals surface area contributed by atoms with Crippen LogP contribution in [0.1, 0.15) is 49.5 Å². The van der Waals surface area contributed by atoms with Crippen LogP contribution in [0.25, 0.3) is 0 Å². The number of β-amino-alcohol motifs (C(OH)–C–C–N with tert-alkyl or cyclic N) is 1. The first-order valence-electron chi connectivity index (χ1n) is 13.0. The van der Waals surface area contributed by atoms with E-state index in [0.29, 0.717) is 24.9 Å². The predicted molar refractivity (Wildman–Crippen MR) is 152 cm³/mol. The number of H-pyrrole nitrogens is 1. The molecule has 1 saturated heterocycles. The molecule has 0 unspecified atom stereocenters. The average Bonchev–Trinajstić information content (AvgIpc) is 3.50. The third kappa shape index (κ3) is 5.87. The molecule has 194 valence electrons. The number of aromatic amines is 1. The van der Waals surface area contributed by atoms with Gasteiger partial charge in [0.25, 0.3) is 0 Å². The fourth-order valence-corrected chi connectivity index (χ4v) is 5.06. The molecule has 6 nitrogen and oxygen atoms in total. The van der Waals surface area contributed by atoms with Gasteiger partial charge in [0.15, 0.2) is 11.6 Å². The van der Waals surface area contributed by atoms with Crippen molar-refractivity contribution in [2.45, 2.75) is 39.2 Å². The summed E-state index contributed by atoms with van der Waals surface area (Å²) in [6, 6.07) is 23.4. The Balaban J connectivity index is 1.14. The van der Waals surface area contributed by atoms with Crippen LogP contribution in [-0.2, 0) is 12.8 Å². The van der Waals surface area contributed by atoms with Crippen LogP contribution in [0.3, 0.4) is 0 Å². The predicted octanol–water partition coefficient (Wildman–Crippen LogP) is 5.80. The van der Waals surface area contributed by atoms with Gasteiger partial charge in [-0.1, -0.05) is 24.3 Å². The first-order chi connectivity index (χ1) is 18.4. The molecule has 1 aliphatic heterocycles. The Hall–Kier alpha value is -4.16. The van der Waals surface area contributed by atoms with Crippen LogP contribution in [0.4, 0.5) is 17.1 Å². The van der Waals surface area contributed by atoms with Crippen LogP contribution >= 0.6 is 0 Å². The van der Waals surface area contributed by atoms with Crippen LogP contribution < -0.4 is 10.2 Å². The van der Waals surface area contributed by atoms with Gasteiger partial charge in [0, 0.05) is 66.0 Å². The van der Waals surface area contributed by atoms with E-state index in [2.05, 4.69) is 15.2 Å². The number of carbonyl (C=O) groups excluding carboxylic acids is 2. The second kappa shape index (κ2) is 11.1. The number of rotatable bonds is 9. The molecule has 1 aliphatic rings. The van der Waals surface area contributed by atoms with E-state index in [4.69, 9.17) is 0 Å². The van der Waals surface area contributed by atoms with Crippen molar-refractivity contribution >= 4 is 28.6 Å². The highest BCUT2D eigenvalue weighted by molar-refractivity contribution is 6.00. The number of aliphatic hydroxyl groups is 1. The second-order valence-electron chi connectivity index (χ2n) is 10.1. The van der Waals surface area contributed by atoms with E-state index >= 15 is 0 Å². The molecular weight excluding hydrogens is 474 g/mol. The minimum absolute atomic E-state index is 0.0777. The number of ketones is 2. The number of nitrogens with zero attached hydrogens (tertiary/aromatic N) is 1. The van der Waals surface area contributed by atoms with Gasteiger partial charge in [-0.3, -0.25) is 9.59 Å². The maximum Gasteiger partial charge on any atom is 0.169 e. The Kier molecular flexibility index (Phi) is 7.43. The largest absolute Gasteiger partial charge is 0.391 e. The summed E-state index contributed by atoms with van der Waals surface area (Å²) in [7, 11) is 0. The van der Waals surface area contributed by atoms with Gasteiger partial charge in [-0.05, 0) is 85.5 Å². The smallest absolute Gasteiger partial charge is 0.169 e. The normalized spacial score (nSPS) is 15.0. The molecule has 0 amide bonds. The van der Waals surface area contributed by atoms with Gasteiger partial charge in [-0.25, -0.2) is 0 Å². The van der Waals surface area contributed by atoms with Crippen molar-refractivity contribution in [3.63, 3.8) is 0 Å². The molecule has 1 aromatic heterocycles. The molecule has 4 aromatic rings. The Morgan fingerprint density at radius 1 is 0.868 bits per heavy atom. The summed E-state index contributed by atoms with van der Waals surface area (Å²) in [4.78, 5) is 30.8. The van der Waals surface area contributed by atoms with Crippen LogP contribution in [0.5, 0.6) is 0 Å². The van der Waals surface area contributed by atoms with E-state index in [1.807, 2.05) is 92.8 Å². The highest BCUT2D eigenvalue weighted by atomic mass is 16.3. The summed E-state index contributed by atoms with van der Waals surface area (Å²) in [6.45, 7) is 5.36. The monoisotopic (exact) mass is 507 g/mol. The van der Waals surface area contributed by atoms with Crippen molar-refractivity contribution < 1.29 is 14.7 Å². The van der Waals surface area contributed by atoms with Crippen LogP contribution in [0.2, 0.25) is 0 Å². The molecule has 6 heteroatoms. The van der Waals surface area contributed by atoms with Crippen molar-refractivity contribution in [3.8, 4) is 0 Å². The van der Waals surface area contributed by atoms with E-state index in [9.17, 15) is 14.7 Å². The Morgan fingerprint density at radius 3 is 1.95 bits per heavy atom. The summed E-state index contributed by atoms with van der Waals surface area (Å²) in [5, 5.41) is 13.1. The fraction of sp³-hybridized carbons (Fsp3) is 0.250. The van der Waals surface area contributed by atoms with E-state index in [1.165, 1.54) is 0 Å². The number of nitrogens with one attached hydrogen (secondary N) is 2. The lowest BCUT2D eigenvalue weighted by molar-refractivity contribution is 0.0984. The number of aliphatic hydroxyl groups excluding tert-OH is 1. The molecule has 2 heterocycles. The number of carbonyl (C=O) groups is 2. The number of hydrogen-bond donors (Lipinski definition) is 3. The highest BCUT2D eigenvalue weighted by Gasteiger charge is 2.20. The minimum Gasteiger partial charge on any atom is -0.391 e. The molecular formula is C32H33N3O3. The van der Waals surface area contributed by atoms with Gasteiger partial charge in [0.05, 0.1) is 6.10 Å². The molecule has 0 saturated carbocycles. The summed E-state index contributed by atoms with van der Waals surface area (Å²) in [6.07, 6.45) is 3.09. The first kappa shape index (κ1) is 25.5. The number of aromatic nitrogens is 1. The number of benzene rings is 3. The molecule has 0 bridgehead atoms. The van der Waals surface area contributed by atoms with Crippen LogP contribution in [0, 0.1) is 13.8 Å². The van der Waals surface area contributed by atoms with Crippen LogP contribution in [-0.4, -0.2) is 40.9 Å². The van der Waals surface area contributed by atoms with Crippen molar-refractivity contribution in [2.24, 2.45) is 0 Å².